The molecule has 0 aliphatic rings. The average Bonchev–Trinajstić information content (AvgIpc) is 3.04. The minimum atomic E-state index is -0.479. The number of hydrogen-bond acceptors (Lipinski definition) is 4. The molecule has 7 nitrogen and oxygen atoms in total. The summed E-state index contributed by atoms with van der Waals surface area (Å²) in [5.41, 5.74) is 0.722. The number of aromatic hydroxyl groups is 1. The van der Waals surface area contributed by atoms with Crippen LogP contribution < -0.4 is 21.8 Å². The SMILES string of the molecule is CC(C)(C)c1[nH]cnc1/C=c1/[nH]c(=O)/c(=C\c2cc(Br)ccc2O)[nH]c1=O. The van der Waals surface area contributed by atoms with Crippen molar-refractivity contribution in [3.05, 3.63) is 77.4 Å². The van der Waals surface area contributed by atoms with Crippen LogP contribution in [-0.4, -0.2) is 25.0 Å². The van der Waals surface area contributed by atoms with E-state index in [0.29, 0.717) is 11.3 Å². The third-order valence-electron chi connectivity index (χ3n) is 3.97. The van der Waals surface area contributed by atoms with Crippen molar-refractivity contribution in [3.63, 3.8) is 0 Å². The van der Waals surface area contributed by atoms with E-state index in [9.17, 15) is 14.7 Å². The topological polar surface area (TPSA) is 115 Å². The number of aromatic amines is 3. The van der Waals surface area contributed by atoms with Gasteiger partial charge in [0.2, 0.25) is 0 Å². The predicted molar refractivity (Wildman–Crippen MR) is 107 cm³/mol. The highest BCUT2D eigenvalue weighted by molar-refractivity contribution is 9.10. The molecule has 1 aromatic carbocycles. The van der Waals surface area contributed by atoms with E-state index in [1.165, 1.54) is 18.2 Å². The first kappa shape index (κ1) is 18.9. The lowest BCUT2D eigenvalue weighted by molar-refractivity contribution is 0.474. The van der Waals surface area contributed by atoms with E-state index in [4.69, 9.17) is 0 Å². The molecule has 2 heterocycles. The minimum absolute atomic E-state index is 0.000398. The van der Waals surface area contributed by atoms with Gasteiger partial charge in [-0.3, -0.25) is 9.59 Å². The molecule has 0 atom stereocenters. The van der Waals surface area contributed by atoms with Gasteiger partial charge >= 0.3 is 0 Å². The third-order valence-corrected chi connectivity index (χ3v) is 4.47. The quantitative estimate of drug-likeness (QED) is 0.488. The van der Waals surface area contributed by atoms with Gasteiger partial charge in [-0.05, 0) is 30.4 Å². The summed E-state index contributed by atoms with van der Waals surface area (Å²) in [7, 11) is 0. The predicted octanol–water partition coefficient (Wildman–Crippen LogP) is 1.21. The largest absolute Gasteiger partial charge is 0.507 e. The molecule has 0 aliphatic carbocycles. The first-order chi connectivity index (χ1) is 12.6. The molecule has 0 saturated carbocycles. The molecule has 4 N–H and O–H groups in total. The molecule has 0 unspecified atom stereocenters. The first-order valence-electron chi connectivity index (χ1n) is 8.23. The van der Waals surface area contributed by atoms with Gasteiger partial charge in [-0.25, -0.2) is 4.98 Å². The normalized spacial score (nSPS) is 13.3. The van der Waals surface area contributed by atoms with Gasteiger partial charge in [0.05, 0.1) is 12.0 Å². The van der Waals surface area contributed by atoms with Crippen LogP contribution in [0.5, 0.6) is 5.75 Å². The van der Waals surface area contributed by atoms with Gasteiger partial charge in [0.1, 0.15) is 16.4 Å². The number of halogens is 1. The zero-order valence-electron chi connectivity index (χ0n) is 15.1. The van der Waals surface area contributed by atoms with E-state index in [-0.39, 0.29) is 21.9 Å². The van der Waals surface area contributed by atoms with Gasteiger partial charge in [-0.1, -0.05) is 36.7 Å². The molecule has 0 bridgehead atoms. The van der Waals surface area contributed by atoms with Crippen molar-refractivity contribution in [1.29, 1.82) is 0 Å². The van der Waals surface area contributed by atoms with E-state index in [0.717, 1.165) is 10.2 Å². The fourth-order valence-corrected chi connectivity index (χ4v) is 3.02. The molecule has 0 amide bonds. The number of imidazole rings is 1. The summed E-state index contributed by atoms with van der Waals surface area (Å²) in [6, 6.07) is 4.82. The summed E-state index contributed by atoms with van der Waals surface area (Å²) >= 11 is 3.31. The van der Waals surface area contributed by atoms with Gasteiger partial charge in [-0.2, -0.15) is 0 Å². The molecule has 0 spiro atoms. The number of aromatic nitrogens is 4. The smallest absolute Gasteiger partial charge is 0.272 e. The summed E-state index contributed by atoms with van der Waals surface area (Å²) in [6.07, 6.45) is 4.51. The molecular weight excluding hydrogens is 412 g/mol. The molecule has 140 valence electrons. The van der Waals surface area contributed by atoms with Gasteiger partial charge < -0.3 is 20.1 Å². The van der Waals surface area contributed by atoms with Crippen LogP contribution in [-0.2, 0) is 5.41 Å². The van der Waals surface area contributed by atoms with Crippen molar-refractivity contribution in [2.24, 2.45) is 0 Å². The van der Waals surface area contributed by atoms with E-state index < -0.39 is 11.1 Å². The molecule has 8 heteroatoms. The fraction of sp³-hybridized carbons (Fsp3) is 0.211. The van der Waals surface area contributed by atoms with Crippen molar-refractivity contribution in [3.8, 4) is 5.75 Å². The lowest BCUT2D eigenvalue weighted by Gasteiger charge is -2.16. The van der Waals surface area contributed by atoms with Crippen molar-refractivity contribution in [2.75, 3.05) is 0 Å². The Hall–Kier alpha value is -2.87. The van der Waals surface area contributed by atoms with Crippen LogP contribution in [0, 0.1) is 0 Å². The number of phenolic OH excluding ortho intramolecular Hbond substituents is 1. The standard InChI is InChI=1S/C19H19BrN4O3/c1-19(2,3)16-12(21-9-22-16)8-14-18(27)23-13(17(26)24-14)7-10-6-11(20)4-5-15(10)25/h4-9,25H,1-3H3,(H,21,22)(H,23,27)(H,24,26)/b13-7+,14-8+. The van der Waals surface area contributed by atoms with Crippen molar-refractivity contribution in [2.45, 2.75) is 26.2 Å². The summed E-state index contributed by atoms with van der Waals surface area (Å²) < 4.78 is 0.739. The molecule has 0 saturated heterocycles. The van der Waals surface area contributed by atoms with Crippen LogP contribution in [0.3, 0.4) is 0 Å². The maximum Gasteiger partial charge on any atom is 0.272 e. The van der Waals surface area contributed by atoms with E-state index in [1.807, 2.05) is 20.8 Å². The third kappa shape index (κ3) is 4.11. The Morgan fingerprint density at radius 1 is 1.07 bits per heavy atom. The average molecular weight is 431 g/mol. The summed E-state index contributed by atoms with van der Waals surface area (Å²) in [5.74, 6) is 0.000398. The monoisotopic (exact) mass is 430 g/mol. The van der Waals surface area contributed by atoms with Crippen LogP contribution in [0.2, 0.25) is 0 Å². The highest BCUT2D eigenvalue weighted by Gasteiger charge is 2.19. The van der Waals surface area contributed by atoms with Gasteiger partial charge in [0.25, 0.3) is 11.1 Å². The Balaban J connectivity index is 2.16. The zero-order chi connectivity index (χ0) is 19.8. The van der Waals surface area contributed by atoms with Crippen LogP contribution >= 0.6 is 15.9 Å². The lowest BCUT2D eigenvalue weighted by atomic mass is 9.90. The van der Waals surface area contributed by atoms with E-state index in [2.05, 4.69) is 35.9 Å². The molecule has 3 aromatic rings. The second kappa shape index (κ2) is 7.03. The number of benzene rings is 1. The number of H-pyrrole nitrogens is 3. The van der Waals surface area contributed by atoms with E-state index in [1.54, 1.807) is 18.5 Å². The van der Waals surface area contributed by atoms with Gasteiger partial charge in [0.15, 0.2) is 0 Å². The van der Waals surface area contributed by atoms with Crippen molar-refractivity contribution < 1.29 is 5.11 Å². The van der Waals surface area contributed by atoms with Crippen LogP contribution in [0.25, 0.3) is 12.2 Å². The van der Waals surface area contributed by atoms with Crippen molar-refractivity contribution >= 4 is 28.1 Å². The Morgan fingerprint density at radius 3 is 2.33 bits per heavy atom. The second-order valence-electron chi connectivity index (χ2n) is 7.14. The van der Waals surface area contributed by atoms with Crippen LogP contribution in [0.4, 0.5) is 0 Å². The fourth-order valence-electron chi connectivity index (χ4n) is 2.64. The van der Waals surface area contributed by atoms with Gasteiger partial charge in [0, 0.05) is 21.1 Å². The molecular formula is C19H19BrN4O3. The molecule has 0 aliphatic heterocycles. The van der Waals surface area contributed by atoms with Crippen LogP contribution in [0.1, 0.15) is 37.7 Å². The van der Waals surface area contributed by atoms with Crippen LogP contribution in [0.15, 0.2) is 38.6 Å². The van der Waals surface area contributed by atoms with Gasteiger partial charge in [-0.15, -0.1) is 0 Å². The maximum absolute atomic E-state index is 12.4. The number of hydrogen-bond donors (Lipinski definition) is 4. The number of rotatable bonds is 2. The summed E-state index contributed by atoms with van der Waals surface area (Å²) in [5, 5.41) is 10.1. The molecule has 3 rings (SSSR count). The number of nitrogens with zero attached hydrogens (tertiary/aromatic N) is 1. The summed E-state index contributed by atoms with van der Waals surface area (Å²) in [4.78, 5) is 37.3. The molecule has 0 fully saturated rings. The minimum Gasteiger partial charge on any atom is -0.507 e. The second-order valence-corrected chi connectivity index (χ2v) is 8.06. The summed E-state index contributed by atoms with van der Waals surface area (Å²) in [6.45, 7) is 6.06. The Kier molecular flexibility index (Phi) is 4.93. The maximum atomic E-state index is 12.4. The highest BCUT2D eigenvalue weighted by atomic mass is 79.9. The number of nitrogens with one attached hydrogen (secondary N) is 3. The van der Waals surface area contributed by atoms with E-state index >= 15 is 0 Å². The van der Waals surface area contributed by atoms with Crippen molar-refractivity contribution in [1.82, 2.24) is 19.9 Å². The zero-order valence-corrected chi connectivity index (χ0v) is 16.6. The number of phenols is 1. The molecule has 27 heavy (non-hydrogen) atoms. The Morgan fingerprint density at radius 2 is 1.70 bits per heavy atom. The molecule has 2 aromatic heterocycles. The Labute approximate surface area is 162 Å². The first-order valence-corrected chi connectivity index (χ1v) is 9.03. The lowest BCUT2D eigenvalue weighted by Crippen LogP contribution is -2.46. The molecule has 0 radical (unpaired) electrons. The highest BCUT2D eigenvalue weighted by Crippen LogP contribution is 2.23. The Bertz CT molecular complexity index is 1230.